The van der Waals surface area contributed by atoms with Crippen LogP contribution in [0.15, 0.2) is 22.7 Å². The van der Waals surface area contributed by atoms with E-state index in [2.05, 4.69) is 10.1 Å². The van der Waals surface area contributed by atoms with Crippen molar-refractivity contribution < 1.29 is 26.9 Å². The molecule has 0 radical (unpaired) electrons. The van der Waals surface area contributed by atoms with E-state index in [-0.39, 0.29) is 43.3 Å². The Kier molecular flexibility index (Phi) is 5.66. The molecular formula is C17H21FN4O5S. The lowest BCUT2D eigenvalue weighted by molar-refractivity contribution is 0.0763. The van der Waals surface area contributed by atoms with Gasteiger partial charge in [0.25, 0.3) is 5.91 Å². The predicted molar refractivity (Wildman–Crippen MR) is 96.8 cm³/mol. The van der Waals surface area contributed by atoms with Crippen molar-refractivity contribution in [2.45, 2.75) is 19.4 Å². The van der Waals surface area contributed by atoms with Gasteiger partial charge in [-0.15, -0.1) is 0 Å². The summed E-state index contributed by atoms with van der Waals surface area (Å²) in [5, 5.41) is 3.73. The van der Waals surface area contributed by atoms with E-state index in [4.69, 9.17) is 9.26 Å². The maximum absolute atomic E-state index is 14.0. The molecule has 1 aliphatic rings. The molecule has 11 heteroatoms. The van der Waals surface area contributed by atoms with Crippen molar-refractivity contribution >= 4 is 15.9 Å². The fourth-order valence-electron chi connectivity index (χ4n) is 3.19. The summed E-state index contributed by atoms with van der Waals surface area (Å²) < 4.78 is 49.8. The molecule has 1 atom stereocenters. The summed E-state index contributed by atoms with van der Waals surface area (Å²) in [4.78, 5) is 18.4. The van der Waals surface area contributed by atoms with Crippen molar-refractivity contribution in [2.75, 3.05) is 33.0 Å². The molecule has 1 amide bonds. The van der Waals surface area contributed by atoms with Gasteiger partial charge in [-0.2, -0.15) is 9.29 Å². The summed E-state index contributed by atoms with van der Waals surface area (Å²) in [5.41, 5.74) is 0.163. The number of aromatic nitrogens is 2. The Morgan fingerprint density at radius 1 is 1.32 bits per heavy atom. The average molecular weight is 412 g/mol. The Morgan fingerprint density at radius 2 is 2.07 bits per heavy atom. The van der Waals surface area contributed by atoms with Crippen molar-refractivity contribution in [1.82, 2.24) is 19.3 Å². The van der Waals surface area contributed by atoms with E-state index in [0.717, 1.165) is 12.3 Å². The molecule has 28 heavy (non-hydrogen) atoms. The summed E-state index contributed by atoms with van der Waals surface area (Å²) in [6.07, 6.45) is 1.37. The van der Waals surface area contributed by atoms with Crippen LogP contribution >= 0.6 is 0 Å². The second-order valence-electron chi connectivity index (χ2n) is 6.50. The molecule has 1 aliphatic heterocycles. The van der Waals surface area contributed by atoms with E-state index in [9.17, 15) is 17.6 Å². The van der Waals surface area contributed by atoms with Crippen molar-refractivity contribution in [2.24, 2.45) is 0 Å². The number of methoxy groups -OCH3 is 1. The van der Waals surface area contributed by atoms with Gasteiger partial charge < -0.3 is 14.2 Å². The molecule has 2 heterocycles. The van der Waals surface area contributed by atoms with Gasteiger partial charge >= 0.3 is 0 Å². The second-order valence-corrected chi connectivity index (χ2v) is 8.43. The van der Waals surface area contributed by atoms with Crippen LogP contribution in [0.25, 0.3) is 0 Å². The number of carbonyl (C=O) groups is 1. The molecule has 152 valence electrons. The predicted octanol–water partition coefficient (Wildman–Crippen LogP) is 1.37. The molecule has 0 saturated carbocycles. The van der Waals surface area contributed by atoms with Crippen LogP contribution in [0.1, 0.15) is 34.5 Å². The summed E-state index contributed by atoms with van der Waals surface area (Å²) in [7, 11) is -2.23. The Balaban J connectivity index is 1.85. The Labute approximate surface area is 162 Å². The molecule has 0 spiro atoms. The number of amides is 1. The lowest BCUT2D eigenvalue weighted by Gasteiger charge is -2.24. The summed E-state index contributed by atoms with van der Waals surface area (Å²) >= 11 is 0. The van der Waals surface area contributed by atoms with Crippen molar-refractivity contribution in [3.8, 4) is 5.75 Å². The molecule has 1 saturated heterocycles. The quantitative estimate of drug-likeness (QED) is 0.747. The molecule has 1 unspecified atom stereocenters. The maximum atomic E-state index is 14.0. The highest BCUT2D eigenvalue weighted by Crippen LogP contribution is 2.29. The van der Waals surface area contributed by atoms with E-state index in [1.54, 1.807) is 6.92 Å². The molecule has 0 bridgehead atoms. The minimum absolute atomic E-state index is 0.0440. The normalized spacial score (nSPS) is 18.7. The fraction of sp³-hybridized carbons (Fsp3) is 0.471. The van der Waals surface area contributed by atoms with Gasteiger partial charge in [-0.3, -0.25) is 4.79 Å². The van der Waals surface area contributed by atoms with Gasteiger partial charge in [0.1, 0.15) is 6.04 Å². The first-order valence-electron chi connectivity index (χ1n) is 8.60. The maximum Gasteiger partial charge on any atom is 0.254 e. The van der Waals surface area contributed by atoms with E-state index in [0.29, 0.717) is 5.82 Å². The van der Waals surface area contributed by atoms with Crippen LogP contribution in [0.5, 0.6) is 5.75 Å². The molecule has 0 aliphatic carbocycles. The molecule has 9 nitrogen and oxygen atoms in total. The van der Waals surface area contributed by atoms with Crippen LogP contribution in [0, 0.1) is 12.7 Å². The van der Waals surface area contributed by atoms with Crippen molar-refractivity contribution in [3.05, 3.63) is 41.3 Å². The number of rotatable bonds is 4. The Morgan fingerprint density at radius 3 is 2.64 bits per heavy atom. The molecule has 1 aromatic heterocycles. The standard InChI is InChI=1S/C17H21FN4O5S/c1-11-19-16(27-20-11)14-6-7-21(8-9-22(14)28(3,24)25)17(23)12-4-5-15(26-2)13(18)10-12/h4-5,10,14H,6-9H2,1-3H3. The number of nitrogens with zero attached hydrogens (tertiary/aromatic N) is 4. The highest BCUT2D eigenvalue weighted by molar-refractivity contribution is 7.88. The minimum atomic E-state index is -3.58. The summed E-state index contributed by atoms with van der Waals surface area (Å²) in [6, 6.07) is 3.30. The molecule has 1 fully saturated rings. The largest absolute Gasteiger partial charge is 0.494 e. The number of sulfonamides is 1. The first-order chi connectivity index (χ1) is 13.2. The van der Waals surface area contributed by atoms with Gasteiger partial charge in [-0.1, -0.05) is 5.16 Å². The van der Waals surface area contributed by atoms with Crippen LogP contribution in [-0.2, 0) is 10.0 Å². The molecular weight excluding hydrogens is 391 g/mol. The number of halogens is 1. The third-order valence-electron chi connectivity index (χ3n) is 4.55. The van der Waals surface area contributed by atoms with E-state index < -0.39 is 27.8 Å². The number of hydrogen-bond donors (Lipinski definition) is 0. The Hall–Kier alpha value is -2.53. The number of carbonyl (C=O) groups excluding carboxylic acids is 1. The highest BCUT2D eigenvalue weighted by atomic mass is 32.2. The number of aryl methyl sites for hydroxylation is 1. The average Bonchev–Trinajstić information content (AvgIpc) is 2.93. The summed E-state index contributed by atoms with van der Waals surface area (Å²) in [5.74, 6) is -0.401. The van der Waals surface area contributed by atoms with Crippen LogP contribution in [0.4, 0.5) is 4.39 Å². The SMILES string of the molecule is COc1ccc(C(=O)N2CCC(c3nc(C)no3)N(S(C)(=O)=O)CC2)cc1F. The molecule has 3 rings (SSSR count). The topological polar surface area (TPSA) is 106 Å². The lowest BCUT2D eigenvalue weighted by atomic mass is 10.1. The van der Waals surface area contributed by atoms with Gasteiger partial charge in [0.05, 0.1) is 13.4 Å². The zero-order valence-electron chi connectivity index (χ0n) is 15.8. The molecule has 1 aromatic carbocycles. The zero-order valence-corrected chi connectivity index (χ0v) is 16.6. The van der Waals surface area contributed by atoms with Gasteiger partial charge in [-0.05, 0) is 31.5 Å². The molecule has 2 aromatic rings. The fourth-order valence-corrected chi connectivity index (χ4v) is 4.26. The third kappa shape index (κ3) is 4.14. The summed E-state index contributed by atoms with van der Waals surface area (Å²) in [6.45, 7) is 2.12. The zero-order chi connectivity index (χ0) is 20.5. The number of hydrogen-bond acceptors (Lipinski definition) is 7. The monoisotopic (exact) mass is 412 g/mol. The van der Waals surface area contributed by atoms with Gasteiger partial charge in [0.2, 0.25) is 15.9 Å². The first kappa shape index (κ1) is 20.2. The number of ether oxygens (including phenoxy) is 1. The van der Waals surface area contributed by atoms with Crippen LogP contribution in [0.2, 0.25) is 0 Å². The van der Waals surface area contributed by atoms with Gasteiger partial charge in [0.15, 0.2) is 17.4 Å². The first-order valence-corrected chi connectivity index (χ1v) is 10.5. The van der Waals surface area contributed by atoms with Gasteiger partial charge in [-0.25, -0.2) is 12.8 Å². The lowest BCUT2D eigenvalue weighted by Crippen LogP contribution is -2.38. The van der Waals surface area contributed by atoms with E-state index >= 15 is 0 Å². The molecule has 0 N–H and O–H groups in total. The van der Waals surface area contributed by atoms with Crippen molar-refractivity contribution in [1.29, 1.82) is 0 Å². The van der Waals surface area contributed by atoms with Crippen LogP contribution < -0.4 is 4.74 Å². The van der Waals surface area contributed by atoms with Crippen LogP contribution in [0.3, 0.4) is 0 Å². The number of benzene rings is 1. The van der Waals surface area contributed by atoms with Gasteiger partial charge in [0, 0.05) is 25.2 Å². The van der Waals surface area contributed by atoms with Crippen LogP contribution in [-0.4, -0.2) is 66.7 Å². The third-order valence-corrected chi connectivity index (χ3v) is 5.84. The second kappa shape index (κ2) is 7.84. The van der Waals surface area contributed by atoms with Crippen molar-refractivity contribution in [3.63, 3.8) is 0 Å². The van der Waals surface area contributed by atoms with E-state index in [1.165, 1.54) is 28.4 Å². The highest BCUT2D eigenvalue weighted by Gasteiger charge is 2.36. The smallest absolute Gasteiger partial charge is 0.254 e. The minimum Gasteiger partial charge on any atom is -0.494 e. The Bertz CT molecular complexity index is 978. The van der Waals surface area contributed by atoms with E-state index in [1.807, 2.05) is 0 Å².